The Labute approximate surface area is 127 Å². The molecule has 4 nitrogen and oxygen atoms in total. The first-order chi connectivity index (χ1) is 9.65. The summed E-state index contributed by atoms with van der Waals surface area (Å²) < 4.78 is 4.99. The van der Waals surface area contributed by atoms with E-state index in [0.29, 0.717) is 17.2 Å². The average molecular weight is 342 g/mol. The normalized spacial score (nSPS) is 18.9. The molecule has 1 aromatic rings. The highest BCUT2D eigenvalue weighted by Crippen LogP contribution is 2.28. The highest BCUT2D eigenvalue weighted by atomic mass is 79.9. The van der Waals surface area contributed by atoms with Gasteiger partial charge in [-0.15, -0.1) is 0 Å². The second-order valence-electron chi connectivity index (χ2n) is 5.12. The number of carbonyl (C=O) groups is 1. The largest absolute Gasteiger partial charge is 0.504 e. The van der Waals surface area contributed by atoms with Crippen LogP contribution in [0.25, 0.3) is 0 Å². The summed E-state index contributed by atoms with van der Waals surface area (Å²) in [5.41, 5.74) is 0.516. The van der Waals surface area contributed by atoms with Crippen LogP contribution in [0.4, 0.5) is 0 Å². The van der Waals surface area contributed by atoms with E-state index in [1.165, 1.54) is 19.6 Å². The molecule has 5 heteroatoms. The summed E-state index contributed by atoms with van der Waals surface area (Å²) in [4.78, 5) is 14.4. The van der Waals surface area contributed by atoms with Crippen LogP contribution < -0.4 is 4.74 Å². The third-order valence-electron chi connectivity index (χ3n) is 3.75. The molecule has 1 aliphatic heterocycles. The maximum atomic E-state index is 12.5. The van der Waals surface area contributed by atoms with Crippen molar-refractivity contribution in [2.45, 2.75) is 19.3 Å². The van der Waals surface area contributed by atoms with Crippen LogP contribution in [0.5, 0.6) is 11.5 Å². The fourth-order valence-electron chi connectivity index (χ4n) is 2.65. The van der Waals surface area contributed by atoms with Crippen LogP contribution in [-0.2, 0) is 0 Å². The van der Waals surface area contributed by atoms with Crippen molar-refractivity contribution in [3.05, 3.63) is 23.8 Å². The van der Waals surface area contributed by atoms with E-state index in [1.807, 2.05) is 4.90 Å². The lowest BCUT2D eigenvalue weighted by molar-refractivity contribution is 0.0671. The molecule has 1 heterocycles. The zero-order chi connectivity index (χ0) is 14.5. The molecular weight excluding hydrogens is 322 g/mol. The zero-order valence-electron chi connectivity index (χ0n) is 11.6. The van der Waals surface area contributed by atoms with Gasteiger partial charge in [-0.3, -0.25) is 4.79 Å². The molecule has 2 rings (SSSR count). The van der Waals surface area contributed by atoms with E-state index in [1.54, 1.807) is 12.1 Å². The average Bonchev–Trinajstić information content (AvgIpc) is 2.47. The van der Waals surface area contributed by atoms with Crippen molar-refractivity contribution in [1.29, 1.82) is 0 Å². The van der Waals surface area contributed by atoms with Crippen LogP contribution in [0, 0.1) is 5.92 Å². The van der Waals surface area contributed by atoms with Crippen molar-refractivity contribution in [2.24, 2.45) is 5.92 Å². The highest BCUT2D eigenvalue weighted by Gasteiger charge is 2.24. The number of hydrogen-bond donors (Lipinski definition) is 1. The van der Waals surface area contributed by atoms with Crippen molar-refractivity contribution >= 4 is 21.8 Å². The van der Waals surface area contributed by atoms with Gasteiger partial charge in [0, 0.05) is 24.0 Å². The van der Waals surface area contributed by atoms with Crippen LogP contribution in [0.3, 0.4) is 0 Å². The number of aromatic hydroxyl groups is 1. The number of likely N-dealkylation sites (tertiary alicyclic amines) is 1. The SMILES string of the molecule is COc1ccc(C(=O)N2CCCC(CCBr)C2)cc1O. The summed E-state index contributed by atoms with van der Waals surface area (Å²) >= 11 is 3.46. The van der Waals surface area contributed by atoms with Crippen LogP contribution in [0.2, 0.25) is 0 Å². The van der Waals surface area contributed by atoms with E-state index in [4.69, 9.17) is 4.74 Å². The van der Waals surface area contributed by atoms with Crippen molar-refractivity contribution in [2.75, 3.05) is 25.5 Å². The standard InChI is InChI=1S/C15H20BrNO3/c1-20-14-5-4-12(9-13(14)18)15(19)17-8-2-3-11(10-17)6-7-16/h4-5,9,11,18H,2-3,6-8,10H2,1H3. The fraction of sp³-hybridized carbons (Fsp3) is 0.533. The van der Waals surface area contributed by atoms with Crippen molar-refractivity contribution in [3.63, 3.8) is 0 Å². The number of piperidine rings is 1. The van der Waals surface area contributed by atoms with Gasteiger partial charge in [0.1, 0.15) is 0 Å². The molecule has 0 radical (unpaired) electrons. The Kier molecular flexibility index (Phi) is 5.29. The Balaban J connectivity index is 2.08. The van der Waals surface area contributed by atoms with Gasteiger partial charge >= 0.3 is 0 Å². The number of rotatable bonds is 4. The minimum Gasteiger partial charge on any atom is -0.504 e. The fourth-order valence-corrected chi connectivity index (χ4v) is 3.29. The van der Waals surface area contributed by atoms with Crippen molar-refractivity contribution in [1.82, 2.24) is 4.90 Å². The molecule has 0 bridgehead atoms. The minimum absolute atomic E-state index is 0.00682. The Morgan fingerprint density at radius 2 is 2.35 bits per heavy atom. The monoisotopic (exact) mass is 341 g/mol. The molecule has 110 valence electrons. The Bertz CT molecular complexity index is 476. The summed E-state index contributed by atoms with van der Waals surface area (Å²) in [7, 11) is 1.49. The number of phenols is 1. The lowest BCUT2D eigenvalue weighted by Gasteiger charge is -2.32. The molecule has 0 saturated carbocycles. The zero-order valence-corrected chi connectivity index (χ0v) is 13.2. The molecule has 0 aliphatic carbocycles. The van der Waals surface area contributed by atoms with Crippen LogP contribution in [0.1, 0.15) is 29.6 Å². The maximum absolute atomic E-state index is 12.5. The molecule has 1 amide bonds. The van der Waals surface area contributed by atoms with Gasteiger partial charge in [0.05, 0.1) is 7.11 Å². The number of halogens is 1. The third-order valence-corrected chi connectivity index (χ3v) is 4.21. The lowest BCUT2D eigenvalue weighted by Crippen LogP contribution is -2.40. The van der Waals surface area contributed by atoms with Crippen LogP contribution in [-0.4, -0.2) is 41.4 Å². The molecule has 1 aliphatic rings. The number of carbonyl (C=O) groups excluding carboxylic acids is 1. The van der Waals surface area contributed by atoms with Gasteiger partial charge in [0.15, 0.2) is 11.5 Å². The van der Waals surface area contributed by atoms with Crippen LogP contribution >= 0.6 is 15.9 Å². The lowest BCUT2D eigenvalue weighted by atomic mass is 9.95. The summed E-state index contributed by atoms with van der Waals surface area (Å²) in [6.45, 7) is 1.60. The second-order valence-corrected chi connectivity index (χ2v) is 5.92. The predicted octanol–water partition coefficient (Wildman–Crippen LogP) is 3.04. The number of amides is 1. The summed E-state index contributed by atoms with van der Waals surface area (Å²) in [5.74, 6) is 0.950. The minimum atomic E-state index is -0.0118. The van der Waals surface area contributed by atoms with Gasteiger partial charge in [-0.25, -0.2) is 0 Å². The molecule has 1 N–H and O–H groups in total. The van der Waals surface area contributed by atoms with Crippen molar-refractivity contribution in [3.8, 4) is 11.5 Å². The third kappa shape index (κ3) is 3.45. The maximum Gasteiger partial charge on any atom is 0.254 e. The quantitative estimate of drug-likeness (QED) is 0.856. The molecule has 0 spiro atoms. The van der Waals surface area contributed by atoms with Crippen LogP contribution in [0.15, 0.2) is 18.2 Å². The van der Waals surface area contributed by atoms with E-state index in [0.717, 1.165) is 31.3 Å². The summed E-state index contributed by atoms with van der Waals surface area (Å²) in [5, 5.41) is 10.7. The van der Waals surface area contributed by atoms with E-state index < -0.39 is 0 Å². The van der Waals surface area contributed by atoms with Gasteiger partial charge in [-0.1, -0.05) is 15.9 Å². The molecule has 20 heavy (non-hydrogen) atoms. The molecule has 1 unspecified atom stereocenters. The number of nitrogens with zero attached hydrogens (tertiary/aromatic N) is 1. The van der Waals surface area contributed by atoms with Gasteiger partial charge in [-0.2, -0.15) is 0 Å². The summed E-state index contributed by atoms with van der Waals surface area (Å²) in [6, 6.07) is 4.81. The first-order valence-electron chi connectivity index (χ1n) is 6.88. The van der Waals surface area contributed by atoms with Gasteiger partial charge < -0.3 is 14.7 Å². The number of phenolic OH excluding ortho intramolecular Hbond substituents is 1. The first kappa shape index (κ1) is 15.2. The molecule has 1 aromatic carbocycles. The number of ether oxygens (including phenoxy) is 1. The Morgan fingerprint density at radius 1 is 1.55 bits per heavy atom. The van der Waals surface area contributed by atoms with E-state index in [9.17, 15) is 9.90 Å². The number of methoxy groups -OCH3 is 1. The molecule has 1 fully saturated rings. The predicted molar refractivity (Wildman–Crippen MR) is 81.7 cm³/mol. The smallest absolute Gasteiger partial charge is 0.254 e. The Hall–Kier alpha value is -1.23. The van der Waals surface area contributed by atoms with E-state index in [2.05, 4.69) is 15.9 Å². The molecule has 1 atom stereocenters. The van der Waals surface area contributed by atoms with Gasteiger partial charge in [-0.05, 0) is 43.4 Å². The number of alkyl halides is 1. The van der Waals surface area contributed by atoms with Crippen molar-refractivity contribution < 1.29 is 14.6 Å². The number of hydrogen-bond acceptors (Lipinski definition) is 3. The topological polar surface area (TPSA) is 49.8 Å². The van der Waals surface area contributed by atoms with E-state index >= 15 is 0 Å². The van der Waals surface area contributed by atoms with Gasteiger partial charge in [0.25, 0.3) is 5.91 Å². The number of benzene rings is 1. The highest BCUT2D eigenvalue weighted by molar-refractivity contribution is 9.09. The Morgan fingerprint density at radius 3 is 3.00 bits per heavy atom. The first-order valence-corrected chi connectivity index (χ1v) is 8.00. The molecular formula is C15H20BrNO3. The second kappa shape index (κ2) is 6.97. The molecule has 1 saturated heterocycles. The summed E-state index contributed by atoms with van der Waals surface area (Å²) in [6.07, 6.45) is 3.33. The van der Waals surface area contributed by atoms with E-state index in [-0.39, 0.29) is 11.7 Å². The molecule has 0 aromatic heterocycles. The van der Waals surface area contributed by atoms with Gasteiger partial charge in [0.2, 0.25) is 0 Å².